The second kappa shape index (κ2) is 8.13. The van der Waals surface area contributed by atoms with E-state index in [4.69, 9.17) is 0 Å². The molecule has 1 aromatic heterocycles. The number of rotatable bonds is 5. The normalized spacial score (nSPS) is 17.4. The van der Waals surface area contributed by atoms with Gasteiger partial charge in [-0.25, -0.2) is 0 Å². The molecule has 134 valence electrons. The number of carbonyl (C=O) groups excluding carboxylic acids is 1. The lowest BCUT2D eigenvalue weighted by Gasteiger charge is -2.38. The molecule has 4 nitrogen and oxygen atoms in total. The molecule has 3 rings (SSSR count). The van der Waals surface area contributed by atoms with Crippen molar-refractivity contribution >= 4 is 17.2 Å². The molecule has 0 aliphatic carbocycles. The molecule has 1 aliphatic rings. The zero-order valence-corrected chi connectivity index (χ0v) is 16.1. The van der Waals surface area contributed by atoms with Crippen molar-refractivity contribution in [2.75, 3.05) is 39.8 Å². The predicted molar refractivity (Wildman–Crippen MR) is 104 cm³/mol. The lowest BCUT2D eigenvalue weighted by atomic mass is 10.1. The average molecular weight is 358 g/mol. The van der Waals surface area contributed by atoms with Gasteiger partial charge >= 0.3 is 0 Å². The molecule has 5 heteroatoms. The van der Waals surface area contributed by atoms with Crippen molar-refractivity contribution < 1.29 is 4.79 Å². The van der Waals surface area contributed by atoms with Crippen LogP contribution in [0.15, 0.2) is 35.0 Å². The average Bonchev–Trinajstić information content (AvgIpc) is 3.13. The standard InChI is InChI=1S/C20H27N3OS/c1-15-4-5-17(12-16(15)2)20(24)21-13-19(18-6-11-25-14-18)23-9-7-22(3)8-10-23/h4-6,11-12,14,19H,7-10,13H2,1-3H3,(H,21,24)/t19-/m1/s1. The fourth-order valence-corrected chi connectivity index (χ4v) is 3.94. The number of nitrogens with zero attached hydrogens (tertiary/aromatic N) is 2. The molecule has 1 aromatic carbocycles. The third-order valence-corrected chi connectivity index (χ3v) is 5.83. The van der Waals surface area contributed by atoms with Crippen LogP contribution in [0, 0.1) is 13.8 Å². The van der Waals surface area contributed by atoms with E-state index in [1.165, 1.54) is 11.1 Å². The highest BCUT2D eigenvalue weighted by Gasteiger charge is 2.24. The zero-order valence-electron chi connectivity index (χ0n) is 15.3. The van der Waals surface area contributed by atoms with E-state index in [2.05, 4.69) is 45.9 Å². The monoisotopic (exact) mass is 357 g/mol. The van der Waals surface area contributed by atoms with Crippen molar-refractivity contribution in [3.63, 3.8) is 0 Å². The van der Waals surface area contributed by atoms with Crippen LogP contribution in [0.5, 0.6) is 0 Å². The third-order valence-electron chi connectivity index (χ3n) is 5.13. The Bertz CT molecular complexity index is 706. The molecule has 1 N–H and O–H groups in total. The van der Waals surface area contributed by atoms with Crippen molar-refractivity contribution in [1.82, 2.24) is 15.1 Å². The first kappa shape index (κ1) is 18.1. The van der Waals surface area contributed by atoms with Crippen LogP contribution in [0.2, 0.25) is 0 Å². The van der Waals surface area contributed by atoms with Gasteiger partial charge in [-0.05, 0) is 66.5 Å². The number of aryl methyl sites for hydroxylation is 2. The summed E-state index contributed by atoms with van der Waals surface area (Å²) in [7, 11) is 2.17. The van der Waals surface area contributed by atoms with Gasteiger partial charge in [0.1, 0.15) is 0 Å². The molecule has 0 radical (unpaired) electrons. The number of thiophene rings is 1. The van der Waals surface area contributed by atoms with E-state index in [0.29, 0.717) is 6.54 Å². The molecule has 25 heavy (non-hydrogen) atoms. The summed E-state index contributed by atoms with van der Waals surface area (Å²) in [5.74, 6) is 0.0115. The summed E-state index contributed by atoms with van der Waals surface area (Å²) in [6.07, 6.45) is 0. The first-order valence-electron chi connectivity index (χ1n) is 8.85. The summed E-state index contributed by atoms with van der Waals surface area (Å²) in [5, 5.41) is 7.47. The Hall–Kier alpha value is -1.69. The van der Waals surface area contributed by atoms with E-state index < -0.39 is 0 Å². The van der Waals surface area contributed by atoms with E-state index in [0.717, 1.165) is 37.3 Å². The first-order chi connectivity index (χ1) is 12.0. The molecule has 2 heterocycles. The van der Waals surface area contributed by atoms with Crippen LogP contribution in [0.25, 0.3) is 0 Å². The maximum Gasteiger partial charge on any atom is 0.251 e. The Morgan fingerprint density at radius 3 is 2.56 bits per heavy atom. The first-order valence-corrected chi connectivity index (χ1v) is 9.79. The third kappa shape index (κ3) is 4.48. The van der Waals surface area contributed by atoms with Crippen LogP contribution < -0.4 is 5.32 Å². The molecule has 1 fully saturated rings. The molecule has 0 spiro atoms. The van der Waals surface area contributed by atoms with Crippen molar-refractivity contribution in [2.24, 2.45) is 0 Å². The summed E-state index contributed by atoms with van der Waals surface area (Å²) in [6.45, 7) is 8.98. The van der Waals surface area contributed by atoms with Crippen molar-refractivity contribution in [2.45, 2.75) is 19.9 Å². The Morgan fingerprint density at radius 1 is 1.16 bits per heavy atom. The minimum atomic E-state index is 0.0115. The van der Waals surface area contributed by atoms with Crippen LogP contribution in [-0.2, 0) is 0 Å². The maximum absolute atomic E-state index is 12.6. The van der Waals surface area contributed by atoms with Gasteiger partial charge in [0.05, 0.1) is 6.04 Å². The van der Waals surface area contributed by atoms with Crippen LogP contribution in [0.1, 0.15) is 33.1 Å². The van der Waals surface area contributed by atoms with Gasteiger partial charge in [0.2, 0.25) is 0 Å². The predicted octanol–water partition coefficient (Wildman–Crippen LogP) is 3.08. The van der Waals surface area contributed by atoms with E-state index in [1.54, 1.807) is 11.3 Å². The van der Waals surface area contributed by atoms with Crippen LogP contribution in [-0.4, -0.2) is 55.5 Å². The minimum Gasteiger partial charge on any atom is -0.350 e. The summed E-state index contributed by atoms with van der Waals surface area (Å²) in [5.41, 5.74) is 4.41. The summed E-state index contributed by atoms with van der Waals surface area (Å²) < 4.78 is 0. The molecule has 1 aliphatic heterocycles. The quantitative estimate of drug-likeness (QED) is 0.893. The van der Waals surface area contributed by atoms with Gasteiger partial charge in [-0.15, -0.1) is 0 Å². The molecule has 1 amide bonds. The number of nitrogens with one attached hydrogen (secondary N) is 1. The lowest BCUT2D eigenvalue weighted by Crippen LogP contribution is -2.48. The Labute approximate surface area is 154 Å². The Morgan fingerprint density at radius 2 is 1.92 bits per heavy atom. The minimum absolute atomic E-state index is 0.0115. The summed E-state index contributed by atoms with van der Waals surface area (Å²) in [4.78, 5) is 17.4. The van der Waals surface area contributed by atoms with E-state index in [-0.39, 0.29) is 11.9 Å². The van der Waals surface area contributed by atoms with Gasteiger partial charge in [-0.3, -0.25) is 9.69 Å². The van der Waals surface area contributed by atoms with Crippen molar-refractivity contribution in [3.05, 3.63) is 57.3 Å². The highest BCUT2D eigenvalue weighted by molar-refractivity contribution is 7.07. The summed E-state index contributed by atoms with van der Waals surface area (Å²) >= 11 is 1.72. The number of likely N-dealkylation sites (N-methyl/N-ethyl adjacent to an activating group) is 1. The number of hydrogen-bond donors (Lipinski definition) is 1. The van der Waals surface area contributed by atoms with Gasteiger partial charge in [-0.2, -0.15) is 11.3 Å². The maximum atomic E-state index is 12.6. The van der Waals surface area contributed by atoms with Crippen molar-refractivity contribution in [1.29, 1.82) is 0 Å². The smallest absolute Gasteiger partial charge is 0.251 e. The molecule has 0 unspecified atom stereocenters. The zero-order chi connectivity index (χ0) is 17.8. The number of piperazine rings is 1. The number of hydrogen-bond acceptors (Lipinski definition) is 4. The molecule has 1 saturated heterocycles. The molecule has 0 saturated carbocycles. The van der Waals surface area contributed by atoms with Gasteiger partial charge in [-0.1, -0.05) is 6.07 Å². The van der Waals surface area contributed by atoms with Gasteiger partial charge in [0, 0.05) is 38.3 Å². The molecule has 2 aromatic rings. The fraction of sp³-hybridized carbons (Fsp3) is 0.450. The molecular formula is C20H27N3OS. The van der Waals surface area contributed by atoms with E-state index >= 15 is 0 Å². The fourth-order valence-electron chi connectivity index (χ4n) is 3.23. The SMILES string of the molecule is Cc1ccc(C(=O)NC[C@H](c2ccsc2)N2CCN(C)CC2)cc1C. The number of benzene rings is 1. The second-order valence-electron chi connectivity index (χ2n) is 6.92. The van der Waals surface area contributed by atoms with Gasteiger partial charge in [0.25, 0.3) is 5.91 Å². The highest BCUT2D eigenvalue weighted by atomic mass is 32.1. The Balaban J connectivity index is 1.68. The van der Waals surface area contributed by atoms with E-state index in [1.807, 2.05) is 25.1 Å². The van der Waals surface area contributed by atoms with Crippen LogP contribution in [0.4, 0.5) is 0 Å². The van der Waals surface area contributed by atoms with Gasteiger partial charge < -0.3 is 10.2 Å². The number of amides is 1. The van der Waals surface area contributed by atoms with E-state index in [9.17, 15) is 4.79 Å². The highest BCUT2D eigenvalue weighted by Crippen LogP contribution is 2.24. The van der Waals surface area contributed by atoms with Crippen LogP contribution >= 0.6 is 11.3 Å². The topological polar surface area (TPSA) is 35.6 Å². The molecule has 1 atom stereocenters. The second-order valence-corrected chi connectivity index (χ2v) is 7.70. The Kier molecular flexibility index (Phi) is 5.89. The largest absolute Gasteiger partial charge is 0.350 e. The lowest BCUT2D eigenvalue weighted by molar-refractivity contribution is 0.0886. The van der Waals surface area contributed by atoms with Crippen molar-refractivity contribution in [3.8, 4) is 0 Å². The molecule has 0 bridgehead atoms. The summed E-state index contributed by atoms with van der Waals surface area (Å²) in [6, 6.07) is 8.32. The van der Waals surface area contributed by atoms with Gasteiger partial charge in [0.15, 0.2) is 0 Å². The number of carbonyl (C=O) groups is 1. The van der Waals surface area contributed by atoms with Crippen LogP contribution in [0.3, 0.4) is 0 Å². The molecular weight excluding hydrogens is 330 g/mol.